The van der Waals surface area contributed by atoms with Gasteiger partial charge in [0.1, 0.15) is 6.61 Å². The van der Waals surface area contributed by atoms with Crippen LogP contribution in [0, 0.1) is 0 Å². The summed E-state index contributed by atoms with van der Waals surface area (Å²) in [4.78, 5) is 55.5. The molecule has 0 amide bonds. The van der Waals surface area contributed by atoms with Gasteiger partial charge >= 0.3 is 29.8 Å². The van der Waals surface area contributed by atoms with Gasteiger partial charge in [-0.1, -0.05) is 227 Å². The summed E-state index contributed by atoms with van der Waals surface area (Å²) in [5.74, 6) is -0.777. The summed E-state index contributed by atoms with van der Waals surface area (Å²) < 4.78 is 60.5. The van der Waals surface area contributed by atoms with Crippen molar-refractivity contribution in [1.82, 2.24) is 21.3 Å². The highest BCUT2D eigenvalue weighted by molar-refractivity contribution is 5.81. The molecule has 0 fully saturated rings. The minimum atomic E-state index is -0.435. The van der Waals surface area contributed by atoms with Gasteiger partial charge in [-0.2, -0.15) is 0 Å². The summed E-state index contributed by atoms with van der Waals surface area (Å²) in [6.07, 6.45) is 53.5. The first kappa shape index (κ1) is 129. The van der Waals surface area contributed by atoms with Crippen LogP contribution in [0.2, 0.25) is 0 Å². The molecular formula is C84H186N8O17. The van der Waals surface area contributed by atoms with Crippen LogP contribution in [-0.2, 0) is 80.8 Å². The van der Waals surface area contributed by atoms with E-state index in [4.69, 9.17) is 56.8 Å². The molecule has 0 saturated carbocycles. The number of nitrogens with two attached hydrogens (primary N) is 4. The summed E-state index contributed by atoms with van der Waals surface area (Å²) in [6.45, 7) is 14.8. The molecule has 0 unspecified atom stereocenters. The van der Waals surface area contributed by atoms with Gasteiger partial charge in [-0.3, -0.25) is 19.2 Å². The highest BCUT2D eigenvalue weighted by atomic mass is 16.6. The summed E-state index contributed by atoms with van der Waals surface area (Å²) in [5, 5.41) is 11.8. The molecule has 0 aliphatic rings. The molecule has 25 heteroatoms. The molecule has 0 aromatic heterocycles. The fourth-order valence-electron chi connectivity index (χ4n) is 9.72. The van der Waals surface area contributed by atoms with E-state index in [0.717, 1.165) is 58.2 Å². The van der Waals surface area contributed by atoms with E-state index < -0.39 is 5.97 Å². The minimum absolute atomic E-state index is 0. The molecule has 664 valence electrons. The lowest BCUT2D eigenvalue weighted by Gasteiger charge is -2.05. The lowest BCUT2D eigenvalue weighted by atomic mass is 10.1. The zero-order valence-corrected chi connectivity index (χ0v) is 71.9. The number of ether oxygens (including phenoxy) is 12. The van der Waals surface area contributed by atoms with E-state index in [1.54, 1.807) is 35.5 Å². The molecular weight excluding hydrogens is 1390 g/mol. The predicted octanol–water partition coefficient (Wildman–Crippen LogP) is 14.7. The summed E-state index contributed by atoms with van der Waals surface area (Å²) in [7, 11) is 22.0. The smallest absolute Gasteiger partial charge is 0.330 e. The van der Waals surface area contributed by atoms with Crippen molar-refractivity contribution in [1.29, 1.82) is 0 Å². The van der Waals surface area contributed by atoms with Crippen LogP contribution < -0.4 is 44.2 Å². The number of esters is 5. The van der Waals surface area contributed by atoms with Crippen molar-refractivity contribution < 1.29 is 80.8 Å². The van der Waals surface area contributed by atoms with E-state index in [0.29, 0.717) is 111 Å². The second-order valence-electron chi connectivity index (χ2n) is 25.0. The van der Waals surface area contributed by atoms with Crippen molar-refractivity contribution >= 4 is 29.8 Å². The summed E-state index contributed by atoms with van der Waals surface area (Å²) in [5.41, 5.74) is 18.0. The fraction of sp³-hybridized carbons (Fsp3) is 0.917. The molecule has 0 aliphatic heterocycles. The van der Waals surface area contributed by atoms with Crippen molar-refractivity contribution in [3.05, 3.63) is 12.7 Å². The van der Waals surface area contributed by atoms with Crippen molar-refractivity contribution in [2.45, 2.75) is 297 Å². The van der Waals surface area contributed by atoms with Crippen LogP contribution >= 0.6 is 0 Å². The Kier molecular flexibility index (Phi) is 162. The molecule has 0 radical (unpaired) electrons. The van der Waals surface area contributed by atoms with Crippen LogP contribution in [0.3, 0.4) is 0 Å². The molecule has 0 saturated heterocycles. The number of methoxy groups -OCH3 is 5. The minimum Gasteiger partial charge on any atom is -0.466 e. The topological polar surface area (TPSA) is 348 Å². The maximum Gasteiger partial charge on any atom is 0.330 e. The van der Waals surface area contributed by atoms with E-state index in [1.165, 1.54) is 259 Å². The SMILES string of the molecule is C.C.C=CC(=O)OCCOCCOCCOC.CN.CN.CN.CN.CNCCC(=O)OCCCCCCCCCCCCOC.CNCCC(=O)OCCCCCCCCCCCCOC.CNCCC(=O)OCCCCCCCCCCCCOC.CNCCC(=O)OCCCCCCCCCCCCOC. The molecule has 0 aromatic carbocycles. The highest BCUT2D eigenvalue weighted by Crippen LogP contribution is 2.15. The van der Waals surface area contributed by atoms with Crippen molar-refractivity contribution in [3.8, 4) is 0 Å². The van der Waals surface area contributed by atoms with Gasteiger partial charge in [-0.15, -0.1) is 0 Å². The third-order valence-corrected chi connectivity index (χ3v) is 15.8. The average Bonchev–Trinajstić information content (AvgIpc) is 1.87. The second-order valence-corrected chi connectivity index (χ2v) is 25.0. The normalized spacial score (nSPS) is 9.88. The Morgan fingerprint density at radius 1 is 0.239 bits per heavy atom. The van der Waals surface area contributed by atoms with Gasteiger partial charge in [-0.25, -0.2) is 4.79 Å². The Morgan fingerprint density at radius 3 is 0.560 bits per heavy atom. The van der Waals surface area contributed by atoms with Crippen LogP contribution in [0.1, 0.15) is 297 Å². The molecule has 0 atom stereocenters. The van der Waals surface area contributed by atoms with Crippen LogP contribution in [-0.4, -0.2) is 240 Å². The average molecular weight is 1580 g/mol. The zero-order valence-electron chi connectivity index (χ0n) is 71.9. The van der Waals surface area contributed by atoms with Gasteiger partial charge in [0.05, 0.1) is 85.1 Å². The van der Waals surface area contributed by atoms with Crippen molar-refractivity contribution in [2.24, 2.45) is 22.9 Å². The van der Waals surface area contributed by atoms with Gasteiger partial charge in [-0.05, 0) is 108 Å². The quantitative estimate of drug-likeness (QED) is 0.0121. The Hall–Kier alpha value is -3.51. The van der Waals surface area contributed by atoms with E-state index >= 15 is 0 Å². The molecule has 0 heterocycles. The number of hydrogen-bond acceptors (Lipinski definition) is 25. The van der Waals surface area contributed by atoms with Gasteiger partial charge in [0.25, 0.3) is 0 Å². The number of carbonyl (C=O) groups is 5. The van der Waals surface area contributed by atoms with E-state index in [1.807, 2.05) is 28.2 Å². The number of carbonyl (C=O) groups excluding carboxylic acids is 5. The van der Waals surface area contributed by atoms with E-state index in [2.05, 4.69) is 50.8 Å². The molecule has 0 spiro atoms. The Labute approximate surface area is 672 Å². The number of unbranched alkanes of at least 4 members (excludes halogenated alkanes) is 36. The van der Waals surface area contributed by atoms with Crippen molar-refractivity contribution in [2.75, 3.05) is 211 Å². The number of rotatable bonds is 74. The Bertz CT molecular complexity index is 1410. The molecule has 0 aliphatic carbocycles. The highest BCUT2D eigenvalue weighted by Gasteiger charge is 2.06. The van der Waals surface area contributed by atoms with Gasteiger partial charge in [0, 0.05) is 94.2 Å². The summed E-state index contributed by atoms with van der Waals surface area (Å²) in [6, 6.07) is 0. The maximum atomic E-state index is 11.2. The number of nitrogens with one attached hydrogen (secondary N) is 4. The van der Waals surface area contributed by atoms with Crippen LogP contribution in [0.4, 0.5) is 0 Å². The number of hydrogen-bond donors (Lipinski definition) is 8. The van der Waals surface area contributed by atoms with Gasteiger partial charge < -0.3 is 101 Å². The zero-order chi connectivity index (χ0) is 81.7. The fourth-order valence-corrected chi connectivity index (χ4v) is 9.72. The van der Waals surface area contributed by atoms with E-state index in [9.17, 15) is 24.0 Å². The Balaban J connectivity index is -0.000000119. The first-order valence-electron chi connectivity index (χ1n) is 41.5. The Morgan fingerprint density at radius 2 is 0.394 bits per heavy atom. The van der Waals surface area contributed by atoms with Crippen LogP contribution in [0.15, 0.2) is 12.7 Å². The first-order chi connectivity index (χ1) is 52.5. The standard InChI is InChI=1S/4C17H35NO3.C10H18O5.4CH5N.2CH4/c4*1-18-14-13-17(19)21-16-12-10-8-6-4-3-5-7-9-11-15-20-2;1-3-10(11)15-9-8-14-7-6-13-5-4-12-2;4*1-2;;/h4*18H,3-16H2,1-2H3;3H,1,4-9H2,2H3;4*2H2,1H3;2*1H4. The maximum absolute atomic E-state index is 11.2. The van der Waals surface area contributed by atoms with Crippen LogP contribution in [0.5, 0.6) is 0 Å². The van der Waals surface area contributed by atoms with Crippen LogP contribution in [0.25, 0.3) is 0 Å². The molecule has 25 nitrogen and oxygen atoms in total. The lowest BCUT2D eigenvalue weighted by molar-refractivity contribution is -0.144. The molecule has 12 N–H and O–H groups in total. The molecule has 0 rings (SSSR count). The summed E-state index contributed by atoms with van der Waals surface area (Å²) >= 11 is 0. The van der Waals surface area contributed by atoms with Crippen molar-refractivity contribution in [3.63, 3.8) is 0 Å². The largest absolute Gasteiger partial charge is 0.466 e. The van der Waals surface area contributed by atoms with E-state index in [-0.39, 0.29) is 45.3 Å². The van der Waals surface area contributed by atoms with Gasteiger partial charge in [0.2, 0.25) is 0 Å². The second kappa shape index (κ2) is 137. The predicted molar refractivity (Wildman–Crippen MR) is 459 cm³/mol. The molecule has 109 heavy (non-hydrogen) atoms. The third kappa shape index (κ3) is 150. The van der Waals surface area contributed by atoms with Gasteiger partial charge in [0.15, 0.2) is 0 Å². The third-order valence-electron chi connectivity index (χ3n) is 15.8. The molecule has 0 bridgehead atoms. The first-order valence-corrected chi connectivity index (χ1v) is 41.5. The molecule has 0 aromatic rings. The monoisotopic (exact) mass is 1580 g/mol. The lowest BCUT2D eigenvalue weighted by Crippen LogP contribution is -2.15.